The third-order valence-corrected chi connectivity index (χ3v) is 3.86. The van der Waals surface area contributed by atoms with Gasteiger partial charge in [-0.2, -0.15) is 0 Å². The largest absolute Gasteiger partial charge is 0.303 e. The maximum Gasteiger partial charge on any atom is 0.251 e. The van der Waals surface area contributed by atoms with Crippen LogP contribution in [0.1, 0.15) is 17.0 Å². The summed E-state index contributed by atoms with van der Waals surface area (Å²) in [4.78, 5) is 22.8. The molecule has 3 aromatic heterocycles. The van der Waals surface area contributed by atoms with Crippen molar-refractivity contribution >= 4 is 17.4 Å². The van der Waals surface area contributed by atoms with Crippen LogP contribution in [-0.2, 0) is 5.75 Å². The van der Waals surface area contributed by atoms with Gasteiger partial charge in [0.1, 0.15) is 5.65 Å². The van der Waals surface area contributed by atoms with E-state index in [1.54, 1.807) is 0 Å². The zero-order valence-electron chi connectivity index (χ0n) is 11.3. The molecule has 20 heavy (non-hydrogen) atoms. The first-order valence-corrected chi connectivity index (χ1v) is 7.24. The number of pyridine rings is 1. The lowest BCUT2D eigenvalue weighted by Gasteiger charge is -2.03. The zero-order valence-corrected chi connectivity index (χ0v) is 12.1. The number of H-pyrrole nitrogens is 1. The summed E-state index contributed by atoms with van der Waals surface area (Å²) in [5.74, 6) is 0.705. The lowest BCUT2D eigenvalue weighted by molar-refractivity contribution is 0.903. The first-order chi connectivity index (χ1) is 9.61. The van der Waals surface area contributed by atoms with Crippen LogP contribution in [0.3, 0.4) is 0 Å². The van der Waals surface area contributed by atoms with Crippen LogP contribution >= 0.6 is 11.8 Å². The molecule has 0 spiro atoms. The summed E-state index contributed by atoms with van der Waals surface area (Å²) in [6, 6.07) is 5.58. The summed E-state index contributed by atoms with van der Waals surface area (Å²) < 4.78 is 2.05. The Kier molecular flexibility index (Phi) is 3.31. The Balaban J connectivity index is 1.85. The number of aromatic amines is 1. The fourth-order valence-corrected chi connectivity index (χ4v) is 2.88. The van der Waals surface area contributed by atoms with Crippen molar-refractivity contribution in [2.45, 2.75) is 24.8 Å². The van der Waals surface area contributed by atoms with Crippen molar-refractivity contribution in [2.75, 3.05) is 0 Å². The first kappa shape index (κ1) is 12.9. The molecule has 0 bridgehead atoms. The van der Waals surface area contributed by atoms with Crippen molar-refractivity contribution in [1.82, 2.24) is 19.4 Å². The Morgan fingerprint density at radius 2 is 2.20 bits per heavy atom. The van der Waals surface area contributed by atoms with Crippen LogP contribution < -0.4 is 5.56 Å². The van der Waals surface area contributed by atoms with Gasteiger partial charge in [-0.3, -0.25) is 4.79 Å². The van der Waals surface area contributed by atoms with Crippen molar-refractivity contribution in [2.24, 2.45) is 0 Å². The molecule has 3 rings (SSSR count). The Hall–Kier alpha value is -2.08. The number of aromatic nitrogens is 4. The van der Waals surface area contributed by atoms with Crippen molar-refractivity contribution in [3.8, 4) is 0 Å². The van der Waals surface area contributed by atoms with Crippen molar-refractivity contribution < 1.29 is 0 Å². The molecule has 0 aliphatic carbocycles. The molecular weight excluding hydrogens is 272 g/mol. The monoisotopic (exact) mass is 286 g/mol. The number of nitrogens with one attached hydrogen (secondary N) is 1. The van der Waals surface area contributed by atoms with Crippen molar-refractivity contribution in [3.05, 3.63) is 57.9 Å². The summed E-state index contributed by atoms with van der Waals surface area (Å²) in [6.07, 6.45) is 3.87. The Morgan fingerprint density at radius 1 is 1.35 bits per heavy atom. The fraction of sp³-hybridized carbons (Fsp3) is 0.214. The summed E-state index contributed by atoms with van der Waals surface area (Å²) >= 11 is 1.50. The summed E-state index contributed by atoms with van der Waals surface area (Å²) in [6.45, 7) is 3.86. The second kappa shape index (κ2) is 5.13. The lowest BCUT2D eigenvalue weighted by Crippen LogP contribution is -2.08. The summed E-state index contributed by atoms with van der Waals surface area (Å²) in [7, 11) is 0. The molecule has 6 heteroatoms. The Labute approximate surface area is 120 Å². The number of rotatable bonds is 3. The van der Waals surface area contributed by atoms with Gasteiger partial charge in [0, 0.05) is 23.7 Å². The molecule has 0 aromatic carbocycles. The third-order valence-electron chi connectivity index (χ3n) is 2.95. The van der Waals surface area contributed by atoms with E-state index in [2.05, 4.69) is 21.0 Å². The van der Waals surface area contributed by atoms with Gasteiger partial charge in [-0.05, 0) is 31.5 Å². The highest BCUT2D eigenvalue weighted by Gasteiger charge is 2.05. The van der Waals surface area contributed by atoms with Crippen LogP contribution in [-0.4, -0.2) is 19.4 Å². The minimum Gasteiger partial charge on any atom is -0.303 e. The highest BCUT2D eigenvalue weighted by Crippen LogP contribution is 2.19. The number of aryl methyl sites for hydroxylation is 2. The molecule has 0 aliphatic rings. The molecule has 0 fully saturated rings. The predicted octanol–water partition coefficient (Wildman–Crippen LogP) is 2.33. The van der Waals surface area contributed by atoms with Gasteiger partial charge in [-0.25, -0.2) is 9.97 Å². The van der Waals surface area contributed by atoms with E-state index in [0.29, 0.717) is 10.9 Å². The molecule has 0 saturated carbocycles. The maximum atomic E-state index is 11.4. The van der Waals surface area contributed by atoms with Gasteiger partial charge in [-0.1, -0.05) is 11.8 Å². The van der Waals surface area contributed by atoms with E-state index in [1.807, 2.05) is 36.7 Å². The normalized spacial score (nSPS) is 11.1. The topological polar surface area (TPSA) is 63.1 Å². The van der Waals surface area contributed by atoms with Crippen molar-refractivity contribution in [3.63, 3.8) is 0 Å². The highest BCUT2D eigenvalue weighted by molar-refractivity contribution is 7.98. The van der Waals surface area contributed by atoms with E-state index in [-0.39, 0.29) is 5.56 Å². The van der Waals surface area contributed by atoms with Gasteiger partial charge < -0.3 is 9.38 Å². The Bertz CT molecular complexity index is 821. The molecule has 5 nitrogen and oxygen atoms in total. The molecule has 102 valence electrons. The zero-order chi connectivity index (χ0) is 14.1. The van der Waals surface area contributed by atoms with Gasteiger partial charge >= 0.3 is 0 Å². The SMILES string of the molecule is Cc1ccn2c(CSc3nc(C)cc(=O)[nH]3)cnc2c1. The minimum absolute atomic E-state index is 0.117. The van der Waals surface area contributed by atoms with E-state index < -0.39 is 0 Å². The second-order valence-electron chi connectivity index (χ2n) is 4.66. The maximum absolute atomic E-state index is 11.4. The highest BCUT2D eigenvalue weighted by atomic mass is 32.2. The number of fused-ring (bicyclic) bond motifs is 1. The molecule has 1 N–H and O–H groups in total. The van der Waals surface area contributed by atoms with Gasteiger partial charge in [0.15, 0.2) is 5.16 Å². The van der Waals surface area contributed by atoms with Gasteiger partial charge in [0.2, 0.25) is 0 Å². The first-order valence-electron chi connectivity index (χ1n) is 6.25. The van der Waals surface area contributed by atoms with E-state index in [1.165, 1.54) is 23.4 Å². The Morgan fingerprint density at radius 3 is 3.00 bits per heavy atom. The van der Waals surface area contributed by atoms with E-state index in [9.17, 15) is 4.79 Å². The molecule has 0 aliphatic heterocycles. The van der Waals surface area contributed by atoms with Crippen LogP contribution in [0.5, 0.6) is 0 Å². The molecule has 3 aromatic rings. The van der Waals surface area contributed by atoms with Crippen LogP contribution in [0.25, 0.3) is 5.65 Å². The quantitative estimate of drug-likeness (QED) is 0.593. The van der Waals surface area contributed by atoms with Crippen LogP contribution in [0, 0.1) is 13.8 Å². The van der Waals surface area contributed by atoms with Gasteiger partial charge in [-0.15, -0.1) is 0 Å². The van der Waals surface area contributed by atoms with Gasteiger partial charge in [0.05, 0.1) is 11.9 Å². The number of hydrogen-bond acceptors (Lipinski definition) is 4. The van der Waals surface area contributed by atoms with E-state index in [0.717, 1.165) is 17.0 Å². The van der Waals surface area contributed by atoms with Crippen LogP contribution in [0.15, 0.2) is 40.5 Å². The number of imidazole rings is 1. The fourth-order valence-electron chi connectivity index (χ4n) is 2.00. The predicted molar refractivity (Wildman–Crippen MR) is 79.1 cm³/mol. The van der Waals surface area contributed by atoms with Crippen LogP contribution in [0.2, 0.25) is 0 Å². The molecular formula is C14H14N4OS. The molecule has 0 radical (unpaired) electrons. The lowest BCUT2D eigenvalue weighted by atomic mass is 10.3. The molecule has 0 amide bonds. The number of hydrogen-bond donors (Lipinski definition) is 1. The smallest absolute Gasteiger partial charge is 0.251 e. The molecule has 0 saturated heterocycles. The van der Waals surface area contributed by atoms with Gasteiger partial charge in [0.25, 0.3) is 5.56 Å². The average molecular weight is 286 g/mol. The van der Waals surface area contributed by atoms with E-state index in [4.69, 9.17) is 0 Å². The molecule has 0 unspecified atom stereocenters. The molecule has 3 heterocycles. The average Bonchev–Trinajstić information content (AvgIpc) is 2.77. The third kappa shape index (κ3) is 2.60. The standard InChI is InChI=1S/C14H14N4OS/c1-9-3-4-18-11(7-15-12(18)5-9)8-20-14-16-10(2)6-13(19)17-14/h3-7H,8H2,1-2H3,(H,16,17,19). The van der Waals surface area contributed by atoms with Crippen molar-refractivity contribution in [1.29, 1.82) is 0 Å². The summed E-state index contributed by atoms with van der Waals surface area (Å²) in [5, 5.41) is 0.636. The summed E-state index contributed by atoms with van der Waals surface area (Å²) in [5.41, 5.74) is 3.81. The van der Waals surface area contributed by atoms with E-state index >= 15 is 0 Å². The van der Waals surface area contributed by atoms with Crippen LogP contribution in [0.4, 0.5) is 0 Å². The minimum atomic E-state index is -0.117. The number of thioether (sulfide) groups is 1. The second-order valence-corrected chi connectivity index (χ2v) is 5.63. The number of nitrogens with zero attached hydrogens (tertiary/aromatic N) is 3. The molecule has 0 atom stereocenters.